The minimum Gasteiger partial charge on any atom is -0.324 e. The molecule has 0 saturated heterocycles. The van der Waals surface area contributed by atoms with E-state index in [0.29, 0.717) is 10.8 Å². The maximum absolute atomic E-state index is 12.6. The molecule has 2 aromatic carbocycles. The fraction of sp³-hybridized carbons (Fsp3) is 0.158. The van der Waals surface area contributed by atoms with Crippen molar-refractivity contribution < 1.29 is 9.72 Å². The lowest BCUT2D eigenvalue weighted by atomic mass is 10.2. The minimum absolute atomic E-state index is 0.112. The monoisotopic (exact) mass is 416 g/mol. The van der Waals surface area contributed by atoms with Gasteiger partial charge in [0.15, 0.2) is 5.16 Å². The Hall–Kier alpha value is -2.84. The van der Waals surface area contributed by atoms with Gasteiger partial charge in [0.2, 0.25) is 5.91 Å². The van der Waals surface area contributed by atoms with Crippen molar-refractivity contribution in [2.24, 2.45) is 0 Å². The number of hydrogen-bond acceptors (Lipinski definition) is 5. The summed E-state index contributed by atoms with van der Waals surface area (Å²) in [5.41, 5.74) is 2.28. The molecule has 1 amide bonds. The molecule has 7 nitrogen and oxygen atoms in total. The van der Waals surface area contributed by atoms with Crippen LogP contribution in [0.4, 0.5) is 11.4 Å². The molecule has 0 aliphatic rings. The highest BCUT2D eigenvalue weighted by Gasteiger charge is 2.19. The van der Waals surface area contributed by atoms with Crippen LogP contribution in [0.1, 0.15) is 12.5 Å². The second-order valence-electron chi connectivity index (χ2n) is 6.09. The zero-order chi connectivity index (χ0) is 20.3. The van der Waals surface area contributed by atoms with Gasteiger partial charge in [0.25, 0.3) is 5.69 Å². The number of halogens is 1. The number of non-ortho nitro benzene ring substituents is 1. The number of imidazole rings is 1. The van der Waals surface area contributed by atoms with Crippen LogP contribution in [0.25, 0.3) is 5.69 Å². The Kier molecular flexibility index (Phi) is 6.01. The molecular weight excluding hydrogens is 400 g/mol. The van der Waals surface area contributed by atoms with Crippen LogP contribution in [-0.2, 0) is 4.79 Å². The topological polar surface area (TPSA) is 90.1 Å². The zero-order valence-electron chi connectivity index (χ0n) is 15.1. The van der Waals surface area contributed by atoms with Gasteiger partial charge in [0.1, 0.15) is 0 Å². The molecule has 1 heterocycles. The molecule has 144 valence electrons. The van der Waals surface area contributed by atoms with Crippen LogP contribution in [0.2, 0.25) is 5.02 Å². The lowest BCUT2D eigenvalue weighted by Gasteiger charge is -2.14. The Bertz CT molecular complexity index is 1040. The lowest BCUT2D eigenvalue weighted by molar-refractivity contribution is -0.384. The Morgan fingerprint density at radius 2 is 2.11 bits per heavy atom. The summed E-state index contributed by atoms with van der Waals surface area (Å²) in [6.07, 6.45) is 3.53. The quantitative estimate of drug-likeness (QED) is 0.352. The van der Waals surface area contributed by atoms with Gasteiger partial charge >= 0.3 is 0 Å². The van der Waals surface area contributed by atoms with Crippen LogP contribution in [0, 0.1) is 17.0 Å². The SMILES string of the molecule is Cc1cccc(-n2ccnc2SC(C)C(=O)Nc2ccc([N+](=O)[O-])cc2Cl)c1. The molecule has 3 aromatic rings. The highest BCUT2D eigenvalue weighted by atomic mass is 35.5. The molecule has 1 atom stereocenters. The molecule has 1 aromatic heterocycles. The number of aryl methyl sites for hydroxylation is 1. The van der Waals surface area contributed by atoms with Crippen LogP contribution in [0.5, 0.6) is 0 Å². The lowest BCUT2D eigenvalue weighted by Crippen LogP contribution is -2.23. The fourth-order valence-corrected chi connectivity index (χ4v) is 3.62. The summed E-state index contributed by atoms with van der Waals surface area (Å²) in [6.45, 7) is 3.77. The molecular formula is C19H17ClN4O3S. The highest BCUT2D eigenvalue weighted by Crippen LogP contribution is 2.29. The average Bonchev–Trinajstić information content (AvgIpc) is 3.11. The number of nitro benzene ring substituents is 1. The number of nitrogens with zero attached hydrogens (tertiary/aromatic N) is 3. The van der Waals surface area contributed by atoms with E-state index in [2.05, 4.69) is 10.3 Å². The molecule has 0 bridgehead atoms. The molecule has 0 spiro atoms. The van der Waals surface area contributed by atoms with Gasteiger partial charge in [-0.1, -0.05) is 35.5 Å². The number of thioether (sulfide) groups is 1. The summed E-state index contributed by atoms with van der Waals surface area (Å²) >= 11 is 7.35. The number of nitro groups is 1. The summed E-state index contributed by atoms with van der Waals surface area (Å²) in [4.78, 5) is 27.1. The maximum Gasteiger partial charge on any atom is 0.271 e. The first-order chi connectivity index (χ1) is 13.3. The number of benzene rings is 2. The predicted molar refractivity (Wildman–Crippen MR) is 110 cm³/mol. The van der Waals surface area contributed by atoms with E-state index in [-0.39, 0.29) is 16.6 Å². The Labute approximate surface area is 170 Å². The van der Waals surface area contributed by atoms with Crippen LogP contribution >= 0.6 is 23.4 Å². The van der Waals surface area contributed by atoms with E-state index in [1.165, 1.54) is 30.0 Å². The van der Waals surface area contributed by atoms with Crippen molar-refractivity contribution in [3.8, 4) is 5.69 Å². The van der Waals surface area contributed by atoms with Gasteiger partial charge in [-0.15, -0.1) is 0 Å². The van der Waals surface area contributed by atoms with E-state index in [1.807, 2.05) is 42.0 Å². The average molecular weight is 417 g/mol. The van der Waals surface area contributed by atoms with Gasteiger partial charge in [-0.05, 0) is 37.6 Å². The van der Waals surface area contributed by atoms with Crippen LogP contribution in [0.15, 0.2) is 60.0 Å². The van der Waals surface area contributed by atoms with Gasteiger partial charge in [-0.3, -0.25) is 19.5 Å². The number of aromatic nitrogens is 2. The standard InChI is InChI=1S/C19H17ClN4O3S/c1-12-4-3-5-14(10-12)23-9-8-21-19(23)28-13(2)18(25)22-17-7-6-15(24(26)27)11-16(17)20/h3-11,13H,1-2H3,(H,22,25). The molecule has 1 N–H and O–H groups in total. The van der Waals surface area contributed by atoms with Crippen LogP contribution in [0.3, 0.4) is 0 Å². The number of anilines is 1. The number of rotatable bonds is 6. The summed E-state index contributed by atoms with van der Waals surface area (Å²) in [5, 5.41) is 13.8. The zero-order valence-corrected chi connectivity index (χ0v) is 16.7. The van der Waals surface area contributed by atoms with Gasteiger partial charge in [0.05, 0.1) is 20.9 Å². The van der Waals surface area contributed by atoms with E-state index in [0.717, 1.165) is 11.3 Å². The number of nitrogens with one attached hydrogen (secondary N) is 1. The Balaban J connectivity index is 1.72. The van der Waals surface area contributed by atoms with E-state index in [1.54, 1.807) is 13.1 Å². The molecule has 0 fully saturated rings. The Morgan fingerprint density at radius 3 is 2.79 bits per heavy atom. The second kappa shape index (κ2) is 8.45. The summed E-state index contributed by atoms with van der Waals surface area (Å²) in [7, 11) is 0. The fourth-order valence-electron chi connectivity index (χ4n) is 2.52. The van der Waals surface area contributed by atoms with Crippen LogP contribution < -0.4 is 5.32 Å². The van der Waals surface area contributed by atoms with Crippen molar-refractivity contribution in [3.05, 3.63) is 75.6 Å². The van der Waals surface area contributed by atoms with Crippen LogP contribution in [-0.4, -0.2) is 25.6 Å². The molecule has 9 heteroatoms. The Morgan fingerprint density at radius 1 is 1.32 bits per heavy atom. The van der Waals surface area contributed by atoms with Crippen molar-refractivity contribution in [1.29, 1.82) is 0 Å². The second-order valence-corrected chi connectivity index (χ2v) is 7.80. The van der Waals surface area contributed by atoms with Crippen molar-refractivity contribution in [3.63, 3.8) is 0 Å². The van der Waals surface area contributed by atoms with Gasteiger partial charge in [0, 0.05) is 30.2 Å². The first-order valence-corrected chi connectivity index (χ1v) is 9.63. The largest absolute Gasteiger partial charge is 0.324 e. The molecule has 28 heavy (non-hydrogen) atoms. The van der Waals surface area contributed by atoms with Gasteiger partial charge in [-0.2, -0.15) is 0 Å². The van der Waals surface area contributed by atoms with E-state index in [9.17, 15) is 14.9 Å². The number of amides is 1. The number of carbonyl (C=O) groups is 1. The van der Waals surface area contributed by atoms with E-state index in [4.69, 9.17) is 11.6 Å². The molecule has 0 aliphatic carbocycles. The van der Waals surface area contributed by atoms with E-state index < -0.39 is 10.2 Å². The van der Waals surface area contributed by atoms with Crippen molar-refractivity contribution >= 4 is 40.6 Å². The summed E-state index contributed by atoms with van der Waals surface area (Å²) < 4.78 is 1.92. The first kappa shape index (κ1) is 19.9. The number of carbonyl (C=O) groups excluding carboxylic acids is 1. The van der Waals surface area contributed by atoms with Crippen molar-refractivity contribution in [2.45, 2.75) is 24.3 Å². The summed E-state index contributed by atoms with van der Waals surface area (Å²) in [5.74, 6) is -0.278. The van der Waals surface area contributed by atoms with E-state index >= 15 is 0 Å². The maximum atomic E-state index is 12.6. The van der Waals surface area contributed by atoms with Crippen molar-refractivity contribution in [2.75, 3.05) is 5.32 Å². The smallest absolute Gasteiger partial charge is 0.271 e. The first-order valence-electron chi connectivity index (χ1n) is 8.37. The third-order valence-electron chi connectivity index (χ3n) is 3.96. The molecule has 3 rings (SSSR count). The third-order valence-corrected chi connectivity index (χ3v) is 5.35. The molecule has 0 aliphatic heterocycles. The van der Waals surface area contributed by atoms with Gasteiger partial charge in [-0.25, -0.2) is 4.98 Å². The predicted octanol–water partition coefficient (Wildman–Crippen LogP) is 4.86. The minimum atomic E-state index is -0.541. The normalized spacial score (nSPS) is 11.8. The highest BCUT2D eigenvalue weighted by molar-refractivity contribution is 8.00. The van der Waals surface area contributed by atoms with Gasteiger partial charge < -0.3 is 5.32 Å². The third kappa shape index (κ3) is 4.52. The number of hydrogen-bond donors (Lipinski definition) is 1. The summed E-state index contributed by atoms with van der Waals surface area (Å²) in [6, 6.07) is 11.9. The molecule has 0 radical (unpaired) electrons. The van der Waals surface area contributed by atoms with Crippen molar-refractivity contribution in [1.82, 2.24) is 9.55 Å². The molecule has 0 saturated carbocycles. The molecule has 1 unspecified atom stereocenters.